The van der Waals surface area contributed by atoms with Gasteiger partial charge in [0, 0.05) is 41.6 Å². The summed E-state index contributed by atoms with van der Waals surface area (Å²) in [6, 6.07) is 5.62. The molecule has 6 nitrogen and oxygen atoms in total. The van der Waals surface area contributed by atoms with E-state index in [1.807, 2.05) is 23.6 Å². The van der Waals surface area contributed by atoms with Crippen molar-refractivity contribution in [3.8, 4) is 22.6 Å². The third-order valence-corrected chi connectivity index (χ3v) is 5.86. The highest BCUT2D eigenvalue weighted by Crippen LogP contribution is 2.38. The van der Waals surface area contributed by atoms with Gasteiger partial charge in [0.1, 0.15) is 16.3 Å². The van der Waals surface area contributed by atoms with Crippen LogP contribution in [0.15, 0.2) is 34.7 Å². The average molecular weight is 386 g/mol. The van der Waals surface area contributed by atoms with E-state index in [0.717, 1.165) is 35.4 Å². The fraction of sp³-hybridized carbons (Fsp3) is 0.400. The van der Waals surface area contributed by atoms with E-state index in [4.69, 9.17) is 14.2 Å². The van der Waals surface area contributed by atoms with Gasteiger partial charge in [-0.05, 0) is 25.0 Å². The summed E-state index contributed by atoms with van der Waals surface area (Å²) in [5, 5.41) is 2.61. The first kappa shape index (κ1) is 18.0. The van der Waals surface area contributed by atoms with E-state index in [1.54, 1.807) is 25.1 Å². The molecule has 2 aromatic heterocycles. The monoisotopic (exact) mass is 386 g/mol. The molecule has 1 saturated heterocycles. The standard InChI is InChI=1S/C20H22N2O4S/c1-24-14-5-6-15(17(8-14)25-2)16-11-27-19-18(16)20(23)22(12-21-19)9-13-4-3-7-26-10-13/h5-6,8,11-13H,3-4,7,9-10H2,1-2H3/t13-/m1/s1. The zero-order valence-electron chi connectivity index (χ0n) is 15.4. The Morgan fingerprint density at radius 1 is 1.30 bits per heavy atom. The summed E-state index contributed by atoms with van der Waals surface area (Å²) in [7, 11) is 3.23. The minimum Gasteiger partial charge on any atom is -0.497 e. The molecule has 0 spiro atoms. The topological polar surface area (TPSA) is 62.6 Å². The van der Waals surface area contributed by atoms with Crippen LogP contribution in [0, 0.1) is 5.92 Å². The maximum atomic E-state index is 13.2. The van der Waals surface area contributed by atoms with Crippen molar-refractivity contribution >= 4 is 21.6 Å². The van der Waals surface area contributed by atoms with Crippen LogP contribution in [-0.4, -0.2) is 37.0 Å². The van der Waals surface area contributed by atoms with Crippen LogP contribution in [0.5, 0.6) is 11.5 Å². The van der Waals surface area contributed by atoms with Gasteiger partial charge in [-0.15, -0.1) is 11.3 Å². The Hall–Kier alpha value is -2.38. The molecule has 1 atom stereocenters. The van der Waals surface area contributed by atoms with Crippen LogP contribution in [0.1, 0.15) is 12.8 Å². The molecule has 0 N–H and O–H groups in total. The van der Waals surface area contributed by atoms with Crippen molar-refractivity contribution in [2.75, 3.05) is 27.4 Å². The molecule has 7 heteroatoms. The third-order valence-electron chi connectivity index (χ3n) is 4.97. The zero-order valence-corrected chi connectivity index (χ0v) is 16.3. The van der Waals surface area contributed by atoms with Gasteiger partial charge in [0.05, 0.1) is 32.5 Å². The first-order valence-corrected chi connectivity index (χ1v) is 9.86. The zero-order chi connectivity index (χ0) is 18.8. The van der Waals surface area contributed by atoms with Gasteiger partial charge in [-0.3, -0.25) is 9.36 Å². The fourth-order valence-electron chi connectivity index (χ4n) is 3.55. The van der Waals surface area contributed by atoms with Gasteiger partial charge in [-0.25, -0.2) is 4.98 Å². The highest BCUT2D eigenvalue weighted by molar-refractivity contribution is 7.17. The second-order valence-corrected chi connectivity index (χ2v) is 7.54. The molecule has 1 aromatic carbocycles. The van der Waals surface area contributed by atoms with Crippen LogP contribution in [0.4, 0.5) is 0 Å². The summed E-state index contributed by atoms with van der Waals surface area (Å²) in [5.74, 6) is 1.74. The molecule has 0 bridgehead atoms. The van der Waals surface area contributed by atoms with E-state index in [-0.39, 0.29) is 5.56 Å². The van der Waals surface area contributed by atoms with Gasteiger partial charge in [0.25, 0.3) is 5.56 Å². The SMILES string of the molecule is COc1ccc(-c2csc3ncn(C[C@H]4CCCOC4)c(=O)c23)c(OC)c1. The molecular weight excluding hydrogens is 364 g/mol. The van der Waals surface area contributed by atoms with Crippen molar-refractivity contribution in [2.45, 2.75) is 19.4 Å². The predicted molar refractivity (Wildman–Crippen MR) is 106 cm³/mol. The number of fused-ring (bicyclic) bond motifs is 1. The molecule has 1 aliphatic rings. The Bertz CT molecular complexity index is 1000. The minimum absolute atomic E-state index is 0.0142. The Morgan fingerprint density at radius 3 is 2.93 bits per heavy atom. The van der Waals surface area contributed by atoms with Crippen molar-refractivity contribution in [2.24, 2.45) is 5.92 Å². The Balaban J connectivity index is 1.78. The number of rotatable bonds is 5. The lowest BCUT2D eigenvalue weighted by Crippen LogP contribution is -2.28. The van der Waals surface area contributed by atoms with Crippen molar-refractivity contribution in [1.29, 1.82) is 0 Å². The molecule has 142 valence electrons. The summed E-state index contributed by atoms with van der Waals surface area (Å²) in [4.78, 5) is 18.5. The Kier molecular flexibility index (Phi) is 5.13. The van der Waals surface area contributed by atoms with Crippen LogP contribution in [0.2, 0.25) is 0 Å². The molecule has 27 heavy (non-hydrogen) atoms. The quantitative estimate of drug-likeness (QED) is 0.671. The smallest absolute Gasteiger partial charge is 0.262 e. The van der Waals surface area contributed by atoms with E-state index in [1.165, 1.54) is 11.3 Å². The number of hydrogen-bond donors (Lipinski definition) is 0. The Morgan fingerprint density at radius 2 is 2.19 bits per heavy atom. The number of benzene rings is 1. The number of aromatic nitrogens is 2. The number of nitrogens with zero attached hydrogens (tertiary/aromatic N) is 2. The predicted octanol–water partition coefficient (Wildman–Crippen LogP) is 3.57. The molecular formula is C20H22N2O4S. The summed E-state index contributed by atoms with van der Waals surface area (Å²) >= 11 is 1.47. The summed E-state index contributed by atoms with van der Waals surface area (Å²) in [5.41, 5.74) is 1.70. The van der Waals surface area contributed by atoms with Crippen LogP contribution in [0.25, 0.3) is 21.3 Å². The maximum absolute atomic E-state index is 13.2. The number of ether oxygens (including phenoxy) is 3. The van der Waals surface area contributed by atoms with E-state index in [2.05, 4.69) is 4.98 Å². The Labute approximate surface area is 161 Å². The van der Waals surface area contributed by atoms with Gasteiger partial charge in [0.2, 0.25) is 0 Å². The van der Waals surface area contributed by atoms with E-state index in [9.17, 15) is 4.79 Å². The molecule has 1 fully saturated rings. The number of thiophene rings is 1. The molecule has 0 unspecified atom stereocenters. The second-order valence-electron chi connectivity index (χ2n) is 6.68. The molecule has 0 amide bonds. The fourth-order valence-corrected chi connectivity index (χ4v) is 4.44. The molecule has 0 aliphatic carbocycles. The largest absolute Gasteiger partial charge is 0.497 e. The van der Waals surface area contributed by atoms with Crippen molar-refractivity contribution < 1.29 is 14.2 Å². The number of methoxy groups -OCH3 is 2. The lowest BCUT2D eigenvalue weighted by Gasteiger charge is -2.22. The summed E-state index contributed by atoms with van der Waals surface area (Å²) in [6.45, 7) is 2.15. The summed E-state index contributed by atoms with van der Waals surface area (Å²) in [6.07, 6.45) is 3.78. The van der Waals surface area contributed by atoms with Gasteiger partial charge in [-0.1, -0.05) is 0 Å². The van der Waals surface area contributed by atoms with Crippen LogP contribution >= 0.6 is 11.3 Å². The van der Waals surface area contributed by atoms with Crippen LogP contribution < -0.4 is 15.0 Å². The molecule has 3 heterocycles. The van der Waals surface area contributed by atoms with E-state index < -0.39 is 0 Å². The molecule has 1 aliphatic heterocycles. The van der Waals surface area contributed by atoms with Crippen molar-refractivity contribution in [3.63, 3.8) is 0 Å². The van der Waals surface area contributed by atoms with Crippen LogP contribution in [-0.2, 0) is 11.3 Å². The van der Waals surface area contributed by atoms with Gasteiger partial charge in [-0.2, -0.15) is 0 Å². The second kappa shape index (κ2) is 7.70. The highest BCUT2D eigenvalue weighted by Gasteiger charge is 2.19. The van der Waals surface area contributed by atoms with E-state index >= 15 is 0 Å². The lowest BCUT2D eigenvalue weighted by molar-refractivity contribution is 0.0479. The summed E-state index contributed by atoms with van der Waals surface area (Å²) < 4.78 is 18.1. The van der Waals surface area contributed by atoms with E-state index in [0.29, 0.717) is 36.0 Å². The average Bonchev–Trinajstić information content (AvgIpc) is 3.15. The van der Waals surface area contributed by atoms with Gasteiger partial charge >= 0.3 is 0 Å². The molecule has 4 rings (SSSR count). The molecule has 3 aromatic rings. The van der Waals surface area contributed by atoms with Crippen LogP contribution in [0.3, 0.4) is 0 Å². The molecule has 0 saturated carbocycles. The van der Waals surface area contributed by atoms with Crippen molar-refractivity contribution in [1.82, 2.24) is 9.55 Å². The lowest BCUT2D eigenvalue weighted by atomic mass is 10.0. The minimum atomic E-state index is -0.0142. The van der Waals surface area contributed by atoms with Crippen molar-refractivity contribution in [3.05, 3.63) is 40.3 Å². The first-order chi connectivity index (χ1) is 13.2. The number of hydrogen-bond acceptors (Lipinski definition) is 6. The maximum Gasteiger partial charge on any atom is 0.262 e. The molecule has 0 radical (unpaired) electrons. The van der Waals surface area contributed by atoms with Gasteiger partial charge < -0.3 is 14.2 Å². The highest BCUT2D eigenvalue weighted by atomic mass is 32.1. The third kappa shape index (κ3) is 3.44. The first-order valence-electron chi connectivity index (χ1n) is 8.98. The van der Waals surface area contributed by atoms with Gasteiger partial charge in [0.15, 0.2) is 0 Å². The normalized spacial score (nSPS) is 17.2.